The summed E-state index contributed by atoms with van der Waals surface area (Å²) in [6.45, 7) is 4.60. The van der Waals surface area contributed by atoms with Crippen molar-refractivity contribution in [2.24, 2.45) is 4.99 Å². The lowest BCUT2D eigenvalue weighted by molar-refractivity contribution is 0.107. The van der Waals surface area contributed by atoms with E-state index < -0.39 is 9.89 Å². The van der Waals surface area contributed by atoms with E-state index in [-0.39, 0.29) is 18.4 Å². The number of nitrogens with zero attached hydrogens (tertiary/aromatic N) is 3. The molecule has 11 heteroatoms. The number of amides is 1. The van der Waals surface area contributed by atoms with Gasteiger partial charge in [-0.2, -0.15) is 0 Å². The number of nitrogens with one attached hydrogen (secondary N) is 1. The number of carbonyl (C=O) groups excluding carboxylic acids is 1. The molecule has 2 N–H and O–H groups in total. The number of phenolic OH excluding ortho intramolecular Hbond substituents is 1. The fraction of sp³-hybridized carbons (Fsp3) is 0.429. The van der Waals surface area contributed by atoms with Crippen LogP contribution in [0.15, 0.2) is 39.3 Å². The van der Waals surface area contributed by atoms with E-state index >= 15 is 0 Å². The van der Waals surface area contributed by atoms with Crippen molar-refractivity contribution in [3.8, 4) is 5.75 Å². The molecule has 32 heavy (non-hydrogen) atoms. The van der Waals surface area contributed by atoms with E-state index in [1.807, 2.05) is 37.2 Å². The van der Waals surface area contributed by atoms with Gasteiger partial charge in [-0.25, -0.2) is 15.2 Å². The Balaban J connectivity index is 1.39. The van der Waals surface area contributed by atoms with E-state index in [2.05, 4.69) is 5.43 Å². The number of alkyl halides is 3. The highest BCUT2D eigenvalue weighted by molar-refractivity contribution is 8.07. The number of fused-ring (bicyclic) bond motifs is 1. The lowest BCUT2D eigenvalue weighted by Gasteiger charge is -2.27. The maximum absolute atomic E-state index is 12.2. The van der Waals surface area contributed by atoms with Gasteiger partial charge in [0.05, 0.1) is 17.6 Å². The molecule has 1 aromatic rings. The molecule has 1 atom stereocenters. The summed E-state index contributed by atoms with van der Waals surface area (Å²) in [7, 11) is 0. The molecule has 0 spiro atoms. The maximum Gasteiger partial charge on any atom is 0.410 e. The van der Waals surface area contributed by atoms with Crippen LogP contribution in [0.5, 0.6) is 5.75 Å². The fourth-order valence-corrected chi connectivity index (χ4v) is 5.09. The van der Waals surface area contributed by atoms with Crippen LogP contribution in [0.25, 0.3) is 0 Å². The van der Waals surface area contributed by atoms with Crippen molar-refractivity contribution >= 4 is 64.1 Å². The number of thioether (sulfide) groups is 1. The van der Waals surface area contributed by atoms with Crippen molar-refractivity contribution in [2.75, 3.05) is 24.7 Å². The smallest absolute Gasteiger partial charge is 0.410 e. The Morgan fingerprint density at radius 3 is 2.84 bits per heavy atom. The first-order chi connectivity index (χ1) is 15.1. The van der Waals surface area contributed by atoms with Gasteiger partial charge in [-0.05, 0) is 50.0 Å². The van der Waals surface area contributed by atoms with Crippen LogP contribution in [0.2, 0.25) is 0 Å². The van der Waals surface area contributed by atoms with Gasteiger partial charge >= 0.3 is 6.09 Å². The second-order valence-corrected chi connectivity index (χ2v) is 11.5. The number of ether oxygens (including phenoxy) is 1. The Morgan fingerprint density at radius 1 is 1.38 bits per heavy atom. The largest absolute Gasteiger partial charge is 0.506 e. The van der Waals surface area contributed by atoms with Crippen LogP contribution in [0.1, 0.15) is 24.0 Å². The topological polar surface area (TPSA) is 77.4 Å². The zero-order valence-corrected chi connectivity index (χ0v) is 20.7. The number of benzene rings is 1. The summed E-state index contributed by atoms with van der Waals surface area (Å²) in [6.07, 6.45) is 5.12. The van der Waals surface area contributed by atoms with E-state index in [1.165, 1.54) is 0 Å². The number of aliphatic imine (C=N–C) groups is 1. The van der Waals surface area contributed by atoms with Gasteiger partial charge in [-0.3, -0.25) is 5.01 Å². The Kier molecular flexibility index (Phi) is 6.89. The summed E-state index contributed by atoms with van der Waals surface area (Å²) in [6, 6.07) is 3.79. The van der Waals surface area contributed by atoms with E-state index in [0.29, 0.717) is 13.1 Å². The number of piperidine rings is 1. The van der Waals surface area contributed by atoms with Gasteiger partial charge in [0.25, 0.3) is 0 Å². The normalized spacial score (nSPS) is 22.2. The number of halogens is 3. The number of hydrogen-bond acceptors (Lipinski definition) is 7. The number of aromatic hydroxyl groups is 1. The minimum atomic E-state index is -1.63. The minimum Gasteiger partial charge on any atom is -0.506 e. The number of aryl methyl sites for hydroxylation is 2. The molecule has 4 rings (SSSR count). The summed E-state index contributed by atoms with van der Waals surface area (Å²) in [5.41, 5.74) is 7.05. The summed E-state index contributed by atoms with van der Waals surface area (Å²) in [5, 5.41) is 13.1. The highest BCUT2D eigenvalue weighted by Crippen LogP contribution is 2.43. The van der Waals surface area contributed by atoms with Gasteiger partial charge in [-0.15, -0.1) is 0 Å². The Hall–Kier alpha value is -1.58. The van der Waals surface area contributed by atoms with Gasteiger partial charge < -0.3 is 14.7 Å². The third-order valence-electron chi connectivity index (χ3n) is 5.19. The number of phenols is 1. The molecule has 172 valence electrons. The number of likely N-dealkylation sites (tertiary alicyclic amines) is 1. The first kappa shape index (κ1) is 23.6. The SMILES string of the molecule is Cc1cc(C)c(N2C=C3SC(N=C4CCCN(C(=O)OCC(Cl)(Cl)Cl)C4)=CC3N2)c(O)c1. The predicted octanol–water partition coefficient (Wildman–Crippen LogP) is 5.18. The minimum absolute atomic E-state index is 0.00611. The summed E-state index contributed by atoms with van der Waals surface area (Å²) < 4.78 is 3.45. The first-order valence-electron chi connectivity index (χ1n) is 10.1. The van der Waals surface area contributed by atoms with Crippen molar-refractivity contribution in [1.82, 2.24) is 10.3 Å². The number of hydrogen-bond donors (Lipinski definition) is 2. The van der Waals surface area contributed by atoms with E-state index in [0.717, 1.165) is 45.3 Å². The fourth-order valence-electron chi connectivity index (χ4n) is 3.90. The second-order valence-electron chi connectivity index (χ2n) is 7.94. The molecule has 1 aromatic carbocycles. The zero-order valence-electron chi connectivity index (χ0n) is 17.6. The van der Waals surface area contributed by atoms with Crippen molar-refractivity contribution in [2.45, 2.75) is 36.5 Å². The van der Waals surface area contributed by atoms with E-state index in [9.17, 15) is 9.90 Å². The molecule has 0 radical (unpaired) electrons. The monoisotopic (exact) mass is 516 g/mol. The van der Waals surface area contributed by atoms with Gasteiger partial charge in [0.1, 0.15) is 18.0 Å². The van der Waals surface area contributed by atoms with E-state index in [4.69, 9.17) is 44.5 Å². The van der Waals surface area contributed by atoms with E-state index in [1.54, 1.807) is 22.7 Å². The molecule has 1 unspecified atom stereocenters. The quantitative estimate of drug-likeness (QED) is 0.538. The summed E-state index contributed by atoms with van der Waals surface area (Å²) in [4.78, 5) is 19.7. The Bertz CT molecular complexity index is 999. The molecule has 3 aliphatic rings. The van der Waals surface area contributed by atoms with Gasteiger partial charge in [0.2, 0.25) is 3.79 Å². The summed E-state index contributed by atoms with van der Waals surface area (Å²) >= 11 is 18.5. The lowest BCUT2D eigenvalue weighted by atomic mass is 10.1. The van der Waals surface area contributed by atoms with Gasteiger partial charge in [0.15, 0.2) is 0 Å². The molecule has 7 nitrogen and oxygen atoms in total. The number of anilines is 1. The molecule has 1 fully saturated rings. The summed E-state index contributed by atoms with van der Waals surface area (Å²) in [5.74, 6) is 0.241. The molecule has 3 heterocycles. The molecule has 0 saturated carbocycles. The standard InChI is InChI=1S/C21H23Cl3N4O3S/c1-12-6-13(2)19(16(29)7-12)28-10-17-15(26-28)8-18(32-17)25-14-4-3-5-27(9-14)20(30)31-11-21(22,23)24/h6-8,10,15,26,29H,3-5,9,11H2,1-2H3. The van der Waals surface area contributed by atoms with Crippen LogP contribution in [0.4, 0.5) is 10.5 Å². The predicted molar refractivity (Wildman–Crippen MR) is 131 cm³/mol. The molecule has 1 saturated heterocycles. The molecular formula is C21H23Cl3N4O3S. The first-order valence-corrected chi connectivity index (χ1v) is 12.1. The van der Waals surface area contributed by atoms with Gasteiger partial charge in [0, 0.05) is 23.4 Å². The van der Waals surface area contributed by atoms with Crippen molar-refractivity contribution in [3.63, 3.8) is 0 Å². The maximum atomic E-state index is 12.2. The zero-order chi connectivity index (χ0) is 23.0. The van der Waals surface area contributed by atoms with Crippen molar-refractivity contribution < 1.29 is 14.6 Å². The Labute approximate surface area is 206 Å². The number of carbonyl (C=O) groups is 1. The lowest BCUT2D eigenvalue weighted by Crippen LogP contribution is -2.41. The Morgan fingerprint density at radius 2 is 2.16 bits per heavy atom. The number of hydrazine groups is 1. The van der Waals surface area contributed by atoms with Crippen LogP contribution in [0, 0.1) is 13.8 Å². The third kappa shape index (κ3) is 5.48. The van der Waals surface area contributed by atoms with Crippen LogP contribution in [-0.2, 0) is 4.74 Å². The molecule has 0 bridgehead atoms. The molecule has 0 aromatic heterocycles. The highest BCUT2D eigenvalue weighted by Gasteiger charge is 2.32. The van der Waals surface area contributed by atoms with Crippen LogP contribution < -0.4 is 10.4 Å². The average Bonchev–Trinajstić information content (AvgIpc) is 3.23. The molecule has 3 aliphatic heterocycles. The van der Waals surface area contributed by atoms with Crippen LogP contribution >= 0.6 is 46.6 Å². The van der Waals surface area contributed by atoms with Crippen LogP contribution in [0.3, 0.4) is 0 Å². The van der Waals surface area contributed by atoms with Crippen molar-refractivity contribution in [1.29, 1.82) is 0 Å². The van der Waals surface area contributed by atoms with Gasteiger partial charge in [-0.1, -0.05) is 52.6 Å². The molecule has 1 amide bonds. The third-order valence-corrected chi connectivity index (χ3v) is 6.55. The van der Waals surface area contributed by atoms with Crippen molar-refractivity contribution in [3.05, 3.63) is 45.5 Å². The van der Waals surface area contributed by atoms with Crippen LogP contribution in [-0.4, -0.2) is 51.3 Å². The molecular weight excluding hydrogens is 495 g/mol. The highest BCUT2D eigenvalue weighted by atomic mass is 35.6. The number of rotatable bonds is 3. The second kappa shape index (κ2) is 9.35. The molecule has 0 aliphatic carbocycles. The average molecular weight is 518 g/mol.